The first-order chi connectivity index (χ1) is 20.1. The molecule has 0 spiro atoms. The van der Waals surface area contributed by atoms with Crippen LogP contribution in [-0.4, -0.2) is 45.1 Å². The topological polar surface area (TPSA) is 114 Å². The predicted octanol–water partition coefficient (Wildman–Crippen LogP) is 6.46. The molecule has 0 unspecified atom stereocenters. The normalized spacial score (nSPS) is 13.0. The number of ether oxygens (including phenoxy) is 5. The highest BCUT2D eigenvalue weighted by molar-refractivity contribution is 5.99. The summed E-state index contributed by atoms with van der Waals surface area (Å²) in [7, 11) is 6.23. The van der Waals surface area contributed by atoms with Crippen molar-refractivity contribution in [3.05, 3.63) is 88.3 Å². The molecule has 0 atom stereocenters. The minimum absolute atomic E-state index is 0.321. The largest absolute Gasteiger partial charge is 0.497 e. The smallest absolute Gasteiger partial charge is 0.347 e. The van der Waals surface area contributed by atoms with Crippen LogP contribution in [0, 0.1) is 0 Å². The molecule has 1 aliphatic rings. The second-order valence-corrected chi connectivity index (χ2v) is 9.67. The number of hydrogen-bond acceptors (Lipinski definition) is 8. The fourth-order valence-electron chi connectivity index (χ4n) is 4.52. The van der Waals surface area contributed by atoms with Crippen LogP contribution in [0.5, 0.6) is 28.7 Å². The summed E-state index contributed by atoms with van der Waals surface area (Å²) in [6.07, 6.45) is 6.49. The molecule has 0 saturated carbocycles. The van der Waals surface area contributed by atoms with Gasteiger partial charge in [0.1, 0.15) is 50.9 Å². The Hall–Kier alpha value is -5.18. The van der Waals surface area contributed by atoms with Crippen molar-refractivity contribution < 1.29 is 38.0 Å². The van der Waals surface area contributed by atoms with Gasteiger partial charge in [0.2, 0.25) is 0 Å². The number of carboxylic acid groups (broad SMARTS) is 1. The van der Waals surface area contributed by atoms with Crippen molar-refractivity contribution in [1.29, 1.82) is 0 Å². The fraction of sp³-hybridized carbons (Fsp3) is 0.212. The van der Waals surface area contributed by atoms with E-state index < -0.39 is 17.2 Å². The highest BCUT2D eigenvalue weighted by atomic mass is 16.5. The van der Waals surface area contributed by atoms with Gasteiger partial charge in [-0.1, -0.05) is 30.3 Å². The van der Waals surface area contributed by atoms with E-state index in [0.717, 1.165) is 17.2 Å². The first-order valence-electron chi connectivity index (χ1n) is 12.9. The van der Waals surface area contributed by atoms with Gasteiger partial charge in [-0.05, 0) is 55.8 Å². The number of carbonyl (C=O) groups is 1. The Bertz CT molecular complexity index is 1710. The Balaban J connectivity index is 0.000000262. The highest BCUT2D eigenvalue weighted by Gasteiger charge is 2.29. The van der Waals surface area contributed by atoms with Crippen molar-refractivity contribution in [2.75, 3.05) is 28.4 Å². The minimum atomic E-state index is -0.967. The van der Waals surface area contributed by atoms with E-state index in [-0.39, 0.29) is 0 Å². The van der Waals surface area contributed by atoms with Crippen LogP contribution in [0.3, 0.4) is 0 Å². The molecule has 5 rings (SSSR count). The molecule has 1 N–H and O–H groups in total. The number of benzene rings is 3. The summed E-state index contributed by atoms with van der Waals surface area (Å²) in [5.74, 6) is 1.89. The highest BCUT2D eigenvalue weighted by Crippen LogP contribution is 2.47. The monoisotopic (exact) mass is 572 g/mol. The van der Waals surface area contributed by atoms with Gasteiger partial charge in [-0.3, -0.25) is 0 Å². The summed E-state index contributed by atoms with van der Waals surface area (Å²) in [4.78, 5) is 23.1. The predicted molar refractivity (Wildman–Crippen MR) is 161 cm³/mol. The van der Waals surface area contributed by atoms with Crippen LogP contribution in [0.1, 0.15) is 25.0 Å². The third kappa shape index (κ3) is 6.25. The average molecular weight is 573 g/mol. The second-order valence-electron chi connectivity index (χ2n) is 9.67. The molecule has 9 nitrogen and oxygen atoms in total. The van der Waals surface area contributed by atoms with Crippen molar-refractivity contribution in [2.24, 2.45) is 0 Å². The first-order valence-corrected chi connectivity index (χ1v) is 12.9. The summed E-state index contributed by atoms with van der Waals surface area (Å²) in [5.41, 5.74) is 1.87. The van der Waals surface area contributed by atoms with Crippen molar-refractivity contribution in [3.8, 4) is 39.9 Å². The van der Waals surface area contributed by atoms with E-state index in [9.17, 15) is 9.59 Å². The van der Waals surface area contributed by atoms with Gasteiger partial charge in [0.15, 0.2) is 0 Å². The van der Waals surface area contributed by atoms with Crippen molar-refractivity contribution >= 4 is 29.1 Å². The van der Waals surface area contributed by atoms with E-state index >= 15 is 0 Å². The maximum atomic E-state index is 12.9. The van der Waals surface area contributed by atoms with Gasteiger partial charge in [0.05, 0.1) is 34.0 Å². The number of rotatable bonds is 7. The maximum Gasteiger partial charge on any atom is 0.347 e. The Kier molecular flexibility index (Phi) is 8.90. The SMILES string of the molecule is COc1ccc(-c2c(OC)c3c(OC)c4c(cc3oc2=O)OC(C)(C)C=C4)cc1.COc1ccccc1C=CC(=O)O. The number of fused-ring (bicyclic) bond motifs is 2. The number of aliphatic carboxylic acids is 1. The molecule has 2 heterocycles. The zero-order chi connectivity index (χ0) is 30.4. The lowest BCUT2D eigenvalue weighted by atomic mass is 9.98. The van der Waals surface area contributed by atoms with Crippen LogP contribution < -0.4 is 29.3 Å². The molecule has 1 aromatic heterocycles. The van der Waals surface area contributed by atoms with E-state index in [1.807, 2.05) is 38.1 Å². The Morgan fingerprint density at radius 2 is 1.60 bits per heavy atom. The molecule has 0 bridgehead atoms. The van der Waals surface area contributed by atoms with Crippen LogP contribution in [0.2, 0.25) is 0 Å². The quantitative estimate of drug-likeness (QED) is 0.197. The summed E-state index contributed by atoms with van der Waals surface area (Å²) in [6.45, 7) is 3.90. The van der Waals surface area contributed by atoms with Crippen molar-refractivity contribution in [1.82, 2.24) is 0 Å². The van der Waals surface area contributed by atoms with Crippen LogP contribution in [-0.2, 0) is 4.79 Å². The summed E-state index contributed by atoms with van der Waals surface area (Å²) in [6, 6.07) is 16.1. The third-order valence-electron chi connectivity index (χ3n) is 6.46. The van der Waals surface area contributed by atoms with Gasteiger partial charge in [0.25, 0.3) is 0 Å². The molecular weight excluding hydrogens is 540 g/mol. The lowest BCUT2D eigenvalue weighted by Gasteiger charge is -2.29. The zero-order valence-electron chi connectivity index (χ0n) is 24.2. The molecule has 9 heteroatoms. The number of para-hydroxylation sites is 1. The van der Waals surface area contributed by atoms with Crippen LogP contribution >= 0.6 is 0 Å². The van der Waals surface area contributed by atoms with Crippen LogP contribution in [0.15, 0.2) is 76.0 Å². The zero-order valence-corrected chi connectivity index (χ0v) is 24.2. The molecule has 0 saturated heterocycles. The third-order valence-corrected chi connectivity index (χ3v) is 6.46. The Morgan fingerprint density at radius 1 is 0.905 bits per heavy atom. The molecule has 3 aromatic carbocycles. The summed E-state index contributed by atoms with van der Waals surface area (Å²) >= 11 is 0. The first kappa shape index (κ1) is 29.8. The van der Waals surface area contributed by atoms with Gasteiger partial charge >= 0.3 is 11.6 Å². The van der Waals surface area contributed by atoms with Gasteiger partial charge in [-0.25, -0.2) is 9.59 Å². The van der Waals surface area contributed by atoms with Gasteiger partial charge in [-0.15, -0.1) is 0 Å². The number of methoxy groups -OCH3 is 4. The summed E-state index contributed by atoms with van der Waals surface area (Å²) in [5, 5.41) is 8.99. The molecule has 1 aliphatic heterocycles. The Morgan fingerprint density at radius 3 is 2.21 bits per heavy atom. The van der Waals surface area contributed by atoms with E-state index in [1.54, 1.807) is 63.8 Å². The van der Waals surface area contributed by atoms with E-state index in [4.69, 9.17) is 33.2 Å². The molecule has 0 amide bonds. The maximum absolute atomic E-state index is 12.9. The minimum Gasteiger partial charge on any atom is -0.497 e. The van der Waals surface area contributed by atoms with E-state index in [0.29, 0.717) is 50.8 Å². The van der Waals surface area contributed by atoms with Gasteiger partial charge in [0, 0.05) is 17.7 Å². The molecule has 0 radical (unpaired) electrons. The van der Waals surface area contributed by atoms with E-state index in [1.165, 1.54) is 13.2 Å². The standard InChI is InChI=1S/C23H22O6.C10H10O3/c1-23(2)11-10-15-16(29-23)12-17-19(20(15)26-4)21(27-5)18(22(24)28-17)13-6-8-14(25-3)9-7-13;1-13-9-5-3-2-4-8(9)6-7-10(11)12/h6-12H,1-5H3;2-7H,1H3,(H,11,12). The molecule has 42 heavy (non-hydrogen) atoms. The summed E-state index contributed by atoms with van der Waals surface area (Å²) < 4.78 is 33.3. The lowest BCUT2D eigenvalue weighted by molar-refractivity contribution is -0.131. The molecule has 4 aromatic rings. The molecule has 0 aliphatic carbocycles. The fourth-order valence-corrected chi connectivity index (χ4v) is 4.52. The Labute approximate surface area is 243 Å². The van der Waals surface area contributed by atoms with Crippen LogP contribution in [0.4, 0.5) is 0 Å². The van der Waals surface area contributed by atoms with Crippen molar-refractivity contribution in [2.45, 2.75) is 19.4 Å². The molecule has 0 fully saturated rings. The van der Waals surface area contributed by atoms with Gasteiger partial charge < -0.3 is 33.2 Å². The van der Waals surface area contributed by atoms with Crippen molar-refractivity contribution in [3.63, 3.8) is 0 Å². The van der Waals surface area contributed by atoms with Gasteiger partial charge in [-0.2, -0.15) is 0 Å². The van der Waals surface area contributed by atoms with Crippen LogP contribution in [0.25, 0.3) is 34.2 Å². The lowest BCUT2D eigenvalue weighted by Crippen LogP contribution is -2.27. The number of hydrogen-bond donors (Lipinski definition) is 1. The average Bonchev–Trinajstić information content (AvgIpc) is 2.98. The molecule has 218 valence electrons. The van der Waals surface area contributed by atoms with E-state index in [2.05, 4.69) is 0 Å². The second kappa shape index (κ2) is 12.6. The molecular formula is C33H32O9. The number of carboxylic acids is 1.